The Balaban J connectivity index is 1.51. The van der Waals surface area contributed by atoms with Gasteiger partial charge in [0.1, 0.15) is 5.82 Å². The highest BCUT2D eigenvalue weighted by atomic mass is 32.2. The summed E-state index contributed by atoms with van der Waals surface area (Å²) in [7, 11) is 0. The normalized spacial score (nSPS) is 11.2. The van der Waals surface area contributed by atoms with Crippen molar-refractivity contribution < 1.29 is 4.42 Å². The summed E-state index contributed by atoms with van der Waals surface area (Å²) in [5, 5.41) is 20.0. The molecule has 0 fully saturated rings. The Kier molecular flexibility index (Phi) is 6.18. The van der Waals surface area contributed by atoms with E-state index < -0.39 is 0 Å². The van der Waals surface area contributed by atoms with E-state index in [1.165, 1.54) is 10.4 Å². The number of aryl methyl sites for hydroxylation is 2. The fourth-order valence-corrected chi connectivity index (χ4v) is 4.37. The second-order valence-electron chi connectivity index (χ2n) is 6.27. The van der Waals surface area contributed by atoms with E-state index in [4.69, 9.17) is 4.42 Å². The lowest BCUT2D eigenvalue weighted by Gasteiger charge is -2.09. The summed E-state index contributed by atoms with van der Waals surface area (Å²) in [6, 6.07) is 14.7. The van der Waals surface area contributed by atoms with E-state index in [1.807, 2.05) is 13.0 Å². The molecule has 4 rings (SSSR count). The van der Waals surface area contributed by atoms with Gasteiger partial charge in [-0.15, -0.1) is 31.7 Å². The Hall–Kier alpha value is -2.45. The van der Waals surface area contributed by atoms with E-state index in [2.05, 4.69) is 66.7 Å². The van der Waals surface area contributed by atoms with Crippen LogP contribution >= 0.6 is 23.1 Å². The largest absolute Gasteiger partial charge is 0.424 e. The van der Waals surface area contributed by atoms with Crippen LogP contribution in [-0.2, 0) is 31.6 Å². The fraction of sp³-hybridized carbons (Fsp3) is 0.300. The molecular formula is C20H21N5OS2. The average Bonchev–Trinajstić information content (AvgIpc) is 3.48. The number of hydrogen-bond acceptors (Lipinski definition) is 7. The van der Waals surface area contributed by atoms with Gasteiger partial charge in [-0.05, 0) is 23.4 Å². The molecule has 0 unspecified atom stereocenters. The maximum Gasteiger partial charge on any atom is 0.226 e. The van der Waals surface area contributed by atoms with Crippen LogP contribution in [0.15, 0.2) is 57.4 Å². The Morgan fingerprint density at radius 3 is 2.61 bits per heavy atom. The molecule has 0 N–H and O–H groups in total. The molecule has 144 valence electrons. The first-order chi connectivity index (χ1) is 13.8. The quantitative estimate of drug-likeness (QED) is 0.380. The minimum atomic E-state index is 0.593. The fourth-order valence-electron chi connectivity index (χ4n) is 2.85. The van der Waals surface area contributed by atoms with Crippen LogP contribution in [0.1, 0.15) is 35.0 Å². The number of benzene rings is 1. The maximum absolute atomic E-state index is 5.62. The van der Waals surface area contributed by atoms with E-state index in [0.717, 1.165) is 36.8 Å². The standard InChI is InChI=1S/C20H21N5OS2/c1-2-18-22-23-19(26-18)14-28-20-24-21-17(13-16-9-6-12-27-16)25(20)11-10-15-7-4-3-5-8-15/h3-9,12H,2,10-11,13-14H2,1H3. The first-order valence-corrected chi connectivity index (χ1v) is 11.1. The maximum atomic E-state index is 5.62. The van der Waals surface area contributed by atoms with Gasteiger partial charge in [0, 0.05) is 24.3 Å². The molecule has 3 heterocycles. The van der Waals surface area contributed by atoms with Crippen LogP contribution in [0, 0.1) is 0 Å². The summed E-state index contributed by atoms with van der Waals surface area (Å²) in [5.41, 5.74) is 1.30. The summed E-state index contributed by atoms with van der Waals surface area (Å²) < 4.78 is 7.83. The third-order valence-corrected chi connectivity index (χ3v) is 6.14. The van der Waals surface area contributed by atoms with Crippen LogP contribution in [0.2, 0.25) is 0 Å². The lowest BCUT2D eigenvalue weighted by molar-refractivity contribution is 0.469. The molecule has 0 saturated carbocycles. The van der Waals surface area contributed by atoms with Crippen LogP contribution < -0.4 is 0 Å². The smallest absolute Gasteiger partial charge is 0.226 e. The average molecular weight is 412 g/mol. The number of thioether (sulfide) groups is 1. The number of hydrogen-bond donors (Lipinski definition) is 0. The molecule has 0 aliphatic carbocycles. The van der Waals surface area contributed by atoms with E-state index in [-0.39, 0.29) is 0 Å². The van der Waals surface area contributed by atoms with Gasteiger partial charge in [-0.1, -0.05) is 55.1 Å². The molecule has 0 bridgehead atoms. The monoisotopic (exact) mass is 411 g/mol. The van der Waals surface area contributed by atoms with Gasteiger partial charge in [-0.2, -0.15) is 0 Å². The van der Waals surface area contributed by atoms with Crippen molar-refractivity contribution in [2.24, 2.45) is 0 Å². The van der Waals surface area contributed by atoms with E-state index in [0.29, 0.717) is 17.5 Å². The minimum absolute atomic E-state index is 0.593. The molecule has 0 spiro atoms. The van der Waals surface area contributed by atoms with Crippen molar-refractivity contribution in [1.82, 2.24) is 25.0 Å². The molecule has 1 aromatic carbocycles. The molecule has 0 saturated heterocycles. The highest BCUT2D eigenvalue weighted by Crippen LogP contribution is 2.24. The molecule has 0 aliphatic heterocycles. The summed E-state index contributed by atoms with van der Waals surface area (Å²) in [4.78, 5) is 1.29. The Morgan fingerprint density at radius 1 is 1.00 bits per heavy atom. The Bertz CT molecular complexity index is 995. The zero-order valence-corrected chi connectivity index (χ0v) is 17.2. The third kappa shape index (κ3) is 4.69. The van der Waals surface area contributed by atoms with Crippen LogP contribution in [0.5, 0.6) is 0 Å². The van der Waals surface area contributed by atoms with Crippen molar-refractivity contribution in [3.8, 4) is 0 Å². The molecule has 0 aliphatic rings. The van der Waals surface area contributed by atoms with Crippen LogP contribution in [0.3, 0.4) is 0 Å². The number of nitrogens with zero attached hydrogens (tertiary/aromatic N) is 5. The predicted octanol–water partition coefficient (Wildman–Crippen LogP) is 4.41. The molecule has 0 radical (unpaired) electrons. The molecule has 28 heavy (non-hydrogen) atoms. The van der Waals surface area contributed by atoms with Gasteiger partial charge < -0.3 is 8.98 Å². The van der Waals surface area contributed by atoms with Gasteiger partial charge >= 0.3 is 0 Å². The van der Waals surface area contributed by atoms with Gasteiger partial charge in [0.2, 0.25) is 11.8 Å². The lowest BCUT2D eigenvalue weighted by Crippen LogP contribution is -2.08. The highest BCUT2D eigenvalue weighted by molar-refractivity contribution is 7.98. The van der Waals surface area contributed by atoms with Gasteiger partial charge in [0.25, 0.3) is 0 Å². The highest BCUT2D eigenvalue weighted by Gasteiger charge is 2.15. The van der Waals surface area contributed by atoms with Crippen LogP contribution in [0.4, 0.5) is 0 Å². The minimum Gasteiger partial charge on any atom is -0.424 e. The summed E-state index contributed by atoms with van der Waals surface area (Å²) >= 11 is 3.33. The van der Waals surface area contributed by atoms with E-state index >= 15 is 0 Å². The van der Waals surface area contributed by atoms with Crippen molar-refractivity contribution in [3.63, 3.8) is 0 Å². The molecule has 6 nitrogen and oxygen atoms in total. The van der Waals surface area contributed by atoms with Gasteiger partial charge in [0.05, 0.1) is 5.75 Å². The predicted molar refractivity (Wildman–Crippen MR) is 111 cm³/mol. The van der Waals surface area contributed by atoms with E-state index in [9.17, 15) is 0 Å². The number of thiophene rings is 1. The zero-order valence-electron chi connectivity index (χ0n) is 15.6. The molecule has 0 amide bonds. The molecule has 4 aromatic rings. The molecule has 0 atom stereocenters. The molecule has 3 aromatic heterocycles. The second-order valence-corrected chi connectivity index (χ2v) is 8.25. The number of rotatable bonds is 9. The van der Waals surface area contributed by atoms with Gasteiger partial charge in [-0.3, -0.25) is 0 Å². The first kappa shape index (κ1) is 18.9. The number of aromatic nitrogens is 5. The SMILES string of the molecule is CCc1nnc(CSc2nnc(Cc3cccs3)n2CCc2ccccc2)o1. The third-order valence-electron chi connectivity index (χ3n) is 4.31. The second kappa shape index (κ2) is 9.16. The summed E-state index contributed by atoms with van der Waals surface area (Å²) in [6.07, 6.45) is 2.47. The summed E-state index contributed by atoms with van der Waals surface area (Å²) in [6.45, 7) is 2.84. The van der Waals surface area contributed by atoms with Crippen molar-refractivity contribution >= 4 is 23.1 Å². The summed E-state index contributed by atoms with van der Waals surface area (Å²) in [5.74, 6) is 2.87. The molecular weight excluding hydrogens is 390 g/mol. The van der Waals surface area contributed by atoms with Crippen LogP contribution in [0.25, 0.3) is 0 Å². The van der Waals surface area contributed by atoms with E-state index in [1.54, 1.807) is 23.1 Å². The Labute approximate surface area is 172 Å². The first-order valence-electron chi connectivity index (χ1n) is 9.24. The van der Waals surface area contributed by atoms with Crippen molar-refractivity contribution in [3.05, 3.63) is 75.9 Å². The zero-order chi connectivity index (χ0) is 19.2. The topological polar surface area (TPSA) is 69.6 Å². The van der Waals surface area contributed by atoms with Crippen LogP contribution in [-0.4, -0.2) is 25.0 Å². The van der Waals surface area contributed by atoms with Gasteiger partial charge in [-0.25, -0.2) is 0 Å². The van der Waals surface area contributed by atoms with Crippen molar-refractivity contribution in [2.45, 2.75) is 43.6 Å². The van der Waals surface area contributed by atoms with Crippen molar-refractivity contribution in [2.75, 3.05) is 0 Å². The Morgan fingerprint density at radius 2 is 1.86 bits per heavy atom. The van der Waals surface area contributed by atoms with Crippen molar-refractivity contribution in [1.29, 1.82) is 0 Å². The molecule has 8 heteroatoms. The lowest BCUT2D eigenvalue weighted by atomic mass is 10.1. The van der Waals surface area contributed by atoms with Gasteiger partial charge in [0.15, 0.2) is 5.16 Å².